The van der Waals surface area contributed by atoms with Crippen molar-refractivity contribution in [2.24, 2.45) is 0 Å². The van der Waals surface area contributed by atoms with E-state index in [0.717, 1.165) is 0 Å². The van der Waals surface area contributed by atoms with E-state index in [0.29, 0.717) is 30.4 Å². The number of carbonyl (C=O) groups is 1. The molecule has 1 heterocycles. The number of para-hydroxylation sites is 1. The predicted octanol–water partition coefficient (Wildman–Crippen LogP) is 3.60. The van der Waals surface area contributed by atoms with Crippen LogP contribution in [-0.4, -0.2) is 25.7 Å². The molecule has 1 aliphatic heterocycles. The van der Waals surface area contributed by atoms with Gasteiger partial charge < -0.3 is 19.5 Å². The maximum atomic E-state index is 12.5. The molecule has 0 saturated carbocycles. The molecule has 0 atom stereocenters. The van der Waals surface area contributed by atoms with Crippen LogP contribution >= 0.6 is 0 Å². The molecule has 0 saturated heterocycles. The average Bonchev–Trinajstić information content (AvgIpc) is 2.66. The van der Waals surface area contributed by atoms with Gasteiger partial charge in [0.15, 0.2) is 11.5 Å². The zero-order valence-corrected chi connectivity index (χ0v) is 13.9. The fraction of sp³-hybridized carbons (Fsp3) is 0.158. The summed E-state index contributed by atoms with van der Waals surface area (Å²) in [6.07, 6.45) is 1.19. The van der Waals surface area contributed by atoms with Crippen molar-refractivity contribution in [2.75, 3.05) is 18.5 Å². The third-order valence-electron chi connectivity index (χ3n) is 3.60. The standard InChI is InChI=1S/C19H14F2N2O4/c20-19(21)27-15-4-2-1-3-12(15)9-13(11-22)18(24)23-14-5-6-16-17(10-14)26-8-7-25-16/h1-6,9-10,19H,7-8H2,(H,23,24)/b13-9+. The summed E-state index contributed by atoms with van der Waals surface area (Å²) in [5, 5.41) is 11.9. The molecule has 1 amide bonds. The van der Waals surface area contributed by atoms with E-state index in [1.54, 1.807) is 30.3 Å². The van der Waals surface area contributed by atoms with E-state index >= 15 is 0 Å². The third kappa shape index (κ3) is 4.52. The van der Waals surface area contributed by atoms with Crippen LogP contribution < -0.4 is 19.5 Å². The molecule has 138 valence electrons. The monoisotopic (exact) mass is 372 g/mol. The molecule has 0 bridgehead atoms. The first kappa shape index (κ1) is 18.2. The largest absolute Gasteiger partial charge is 0.486 e. The number of hydrogen-bond acceptors (Lipinski definition) is 5. The van der Waals surface area contributed by atoms with Crippen LogP contribution in [0.4, 0.5) is 14.5 Å². The Labute approximate surface area is 153 Å². The number of halogens is 2. The zero-order chi connectivity index (χ0) is 19.2. The van der Waals surface area contributed by atoms with Crippen LogP contribution in [0.5, 0.6) is 17.2 Å². The first-order chi connectivity index (χ1) is 13.1. The third-order valence-corrected chi connectivity index (χ3v) is 3.60. The van der Waals surface area contributed by atoms with Crippen LogP contribution in [0.2, 0.25) is 0 Å². The first-order valence-corrected chi connectivity index (χ1v) is 7.93. The Morgan fingerprint density at radius 1 is 1.19 bits per heavy atom. The molecule has 0 spiro atoms. The molecule has 0 fully saturated rings. The highest BCUT2D eigenvalue weighted by Crippen LogP contribution is 2.32. The summed E-state index contributed by atoms with van der Waals surface area (Å²) in [4.78, 5) is 12.4. The van der Waals surface area contributed by atoms with Gasteiger partial charge in [0.1, 0.15) is 30.6 Å². The summed E-state index contributed by atoms with van der Waals surface area (Å²) in [7, 11) is 0. The second-order valence-corrected chi connectivity index (χ2v) is 5.40. The number of benzene rings is 2. The number of nitrogens with zero attached hydrogens (tertiary/aromatic N) is 1. The molecule has 1 aliphatic rings. The first-order valence-electron chi connectivity index (χ1n) is 7.93. The van der Waals surface area contributed by atoms with E-state index in [4.69, 9.17) is 9.47 Å². The lowest BCUT2D eigenvalue weighted by atomic mass is 10.1. The van der Waals surface area contributed by atoms with Gasteiger partial charge in [-0.3, -0.25) is 4.79 Å². The molecule has 0 radical (unpaired) electrons. The number of hydrogen-bond donors (Lipinski definition) is 1. The number of anilines is 1. The summed E-state index contributed by atoms with van der Waals surface area (Å²) in [6, 6.07) is 12.5. The molecule has 0 aliphatic carbocycles. The van der Waals surface area contributed by atoms with Crippen LogP contribution in [0, 0.1) is 11.3 Å². The van der Waals surface area contributed by atoms with Crippen molar-refractivity contribution in [3.8, 4) is 23.3 Å². The van der Waals surface area contributed by atoms with E-state index in [-0.39, 0.29) is 16.9 Å². The topological polar surface area (TPSA) is 80.6 Å². The predicted molar refractivity (Wildman–Crippen MR) is 92.7 cm³/mol. The summed E-state index contributed by atoms with van der Waals surface area (Å²) in [5.74, 6) is 0.221. The van der Waals surface area contributed by atoms with E-state index in [9.17, 15) is 18.8 Å². The van der Waals surface area contributed by atoms with Crippen molar-refractivity contribution >= 4 is 17.7 Å². The maximum absolute atomic E-state index is 12.5. The highest BCUT2D eigenvalue weighted by atomic mass is 19.3. The van der Waals surface area contributed by atoms with Crippen molar-refractivity contribution in [1.82, 2.24) is 0 Å². The Morgan fingerprint density at radius 3 is 2.67 bits per heavy atom. The van der Waals surface area contributed by atoms with Crippen LogP contribution in [0.3, 0.4) is 0 Å². The molecule has 0 unspecified atom stereocenters. The van der Waals surface area contributed by atoms with Gasteiger partial charge in [-0.05, 0) is 24.3 Å². The molecular formula is C19H14F2N2O4. The molecule has 8 heteroatoms. The molecule has 2 aromatic rings. The van der Waals surface area contributed by atoms with Gasteiger partial charge in [0.05, 0.1) is 0 Å². The van der Waals surface area contributed by atoms with Gasteiger partial charge in [-0.15, -0.1) is 0 Å². The lowest BCUT2D eigenvalue weighted by Crippen LogP contribution is -2.17. The van der Waals surface area contributed by atoms with E-state index < -0.39 is 12.5 Å². The Morgan fingerprint density at radius 2 is 1.93 bits per heavy atom. The number of alkyl halides is 2. The van der Waals surface area contributed by atoms with Gasteiger partial charge in [-0.2, -0.15) is 14.0 Å². The van der Waals surface area contributed by atoms with E-state index in [1.165, 1.54) is 24.3 Å². The molecule has 0 aromatic heterocycles. The molecule has 2 aromatic carbocycles. The Kier molecular flexibility index (Phi) is 5.52. The second-order valence-electron chi connectivity index (χ2n) is 5.40. The van der Waals surface area contributed by atoms with Crippen LogP contribution in [0.15, 0.2) is 48.0 Å². The number of carbonyl (C=O) groups excluding carboxylic acids is 1. The number of rotatable bonds is 5. The minimum absolute atomic E-state index is 0.132. The summed E-state index contributed by atoms with van der Waals surface area (Å²) < 4.78 is 40.2. The van der Waals surface area contributed by atoms with Gasteiger partial charge in [-0.1, -0.05) is 18.2 Å². The summed E-state index contributed by atoms with van der Waals surface area (Å²) in [5.41, 5.74) is 0.324. The van der Waals surface area contributed by atoms with Gasteiger partial charge in [0.2, 0.25) is 0 Å². The highest BCUT2D eigenvalue weighted by molar-refractivity contribution is 6.10. The number of amides is 1. The molecular weight excluding hydrogens is 358 g/mol. The van der Waals surface area contributed by atoms with Crippen LogP contribution in [0.25, 0.3) is 6.08 Å². The lowest BCUT2D eigenvalue weighted by Gasteiger charge is -2.18. The minimum Gasteiger partial charge on any atom is -0.486 e. The van der Waals surface area contributed by atoms with Crippen LogP contribution in [0.1, 0.15) is 5.56 Å². The lowest BCUT2D eigenvalue weighted by molar-refractivity contribution is -0.112. The SMILES string of the molecule is N#C/C(=C\c1ccccc1OC(F)F)C(=O)Nc1ccc2c(c1)OCCO2. The minimum atomic E-state index is -3.02. The fourth-order valence-corrected chi connectivity index (χ4v) is 2.43. The Hall–Kier alpha value is -3.60. The average molecular weight is 372 g/mol. The quantitative estimate of drug-likeness (QED) is 0.641. The highest BCUT2D eigenvalue weighted by Gasteiger charge is 2.16. The number of ether oxygens (including phenoxy) is 3. The molecule has 1 N–H and O–H groups in total. The normalized spacial score (nSPS) is 13.0. The van der Waals surface area contributed by atoms with Crippen molar-refractivity contribution in [1.29, 1.82) is 5.26 Å². The van der Waals surface area contributed by atoms with Crippen molar-refractivity contribution < 1.29 is 27.8 Å². The van der Waals surface area contributed by atoms with Crippen LogP contribution in [-0.2, 0) is 4.79 Å². The van der Waals surface area contributed by atoms with Crippen molar-refractivity contribution in [3.05, 3.63) is 53.6 Å². The van der Waals surface area contributed by atoms with Gasteiger partial charge in [-0.25, -0.2) is 0 Å². The number of fused-ring (bicyclic) bond motifs is 1. The van der Waals surface area contributed by atoms with E-state index in [2.05, 4.69) is 10.1 Å². The number of nitrogens with one attached hydrogen (secondary N) is 1. The van der Waals surface area contributed by atoms with E-state index in [1.807, 2.05) is 0 Å². The zero-order valence-electron chi connectivity index (χ0n) is 13.9. The van der Waals surface area contributed by atoms with Gasteiger partial charge in [0.25, 0.3) is 5.91 Å². The van der Waals surface area contributed by atoms with Crippen molar-refractivity contribution in [3.63, 3.8) is 0 Å². The van der Waals surface area contributed by atoms with Gasteiger partial charge >= 0.3 is 6.61 Å². The maximum Gasteiger partial charge on any atom is 0.387 e. The van der Waals surface area contributed by atoms with Gasteiger partial charge in [0, 0.05) is 17.3 Å². The molecule has 6 nitrogen and oxygen atoms in total. The fourth-order valence-electron chi connectivity index (χ4n) is 2.43. The molecule has 27 heavy (non-hydrogen) atoms. The summed E-state index contributed by atoms with van der Waals surface area (Å²) >= 11 is 0. The summed E-state index contributed by atoms with van der Waals surface area (Å²) in [6.45, 7) is -2.17. The number of nitriles is 1. The Balaban J connectivity index is 1.81. The molecule has 3 rings (SSSR count). The van der Waals surface area contributed by atoms with Crippen molar-refractivity contribution in [2.45, 2.75) is 6.61 Å². The second kappa shape index (κ2) is 8.19. The Bertz CT molecular complexity index is 922. The smallest absolute Gasteiger partial charge is 0.387 e.